The number of methoxy groups -OCH3 is 2. The molecule has 0 atom stereocenters. The Bertz CT molecular complexity index is 1100. The van der Waals surface area contributed by atoms with Crippen LogP contribution >= 0.6 is 0 Å². The first kappa shape index (κ1) is 20.2. The lowest BCUT2D eigenvalue weighted by Crippen LogP contribution is -2.23. The van der Waals surface area contributed by atoms with Gasteiger partial charge in [0.25, 0.3) is 0 Å². The predicted octanol–water partition coefficient (Wildman–Crippen LogP) is 2.70. The Kier molecular flexibility index (Phi) is 6.00. The van der Waals surface area contributed by atoms with Gasteiger partial charge in [0.05, 0.1) is 42.6 Å². The summed E-state index contributed by atoms with van der Waals surface area (Å²) in [4.78, 5) is 33.0. The maximum atomic E-state index is 12.3. The first-order chi connectivity index (χ1) is 14.0. The molecule has 0 unspecified atom stereocenters. The fraction of sp³-hybridized carbons (Fsp3) is 0.286. The number of ether oxygens (including phenoxy) is 3. The number of allylic oxidation sites excluding steroid dienone is 2. The zero-order valence-corrected chi connectivity index (χ0v) is 16.3. The van der Waals surface area contributed by atoms with Crippen molar-refractivity contribution in [2.75, 3.05) is 27.4 Å². The highest BCUT2D eigenvalue weighted by molar-refractivity contribution is 6.50. The molecule has 0 saturated heterocycles. The third-order valence-corrected chi connectivity index (χ3v) is 4.44. The zero-order valence-electron chi connectivity index (χ0n) is 16.3. The Hall–Kier alpha value is -3.57. The molecule has 148 valence electrons. The maximum Gasteiger partial charge on any atom is 0.200 e. The van der Waals surface area contributed by atoms with Crippen LogP contribution in [0.4, 0.5) is 5.69 Å². The monoisotopic (exact) mass is 393 g/mol. The standard InChI is InChI=1S/C21H19N3O5/c1-12-6-18(26)16(8-17(12)25)24-21-13(10-22)11-23-15-9-20(29-5-4-27-2)19(28-3)7-14(15)21/h6-7,9,11H,4-5,8H2,1-3H3. The van der Waals surface area contributed by atoms with Crippen molar-refractivity contribution in [2.45, 2.75) is 13.3 Å². The van der Waals surface area contributed by atoms with Crippen molar-refractivity contribution in [1.82, 2.24) is 4.98 Å². The average Bonchev–Trinajstić information content (AvgIpc) is 2.71. The summed E-state index contributed by atoms with van der Waals surface area (Å²) in [6.45, 7) is 2.33. The van der Waals surface area contributed by atoms with E-state index in [1.807, 2.05) is 6.07 Å². The maximum absolute atomic E-state index is 12.3. The minimum Gasteiger partial charge on any atom is -0.493 e. The number of nitriles is 1. The van der Waals surface area contributed by atoms with Gasteiger partial charge in [-0.15, -0.1) is 0 Å². The van der Waals surface area contributed by atoms with Gasteiger partial charge in [0.15, 0.2) is 17.3 Å². The molecule has 2 aromatic rings. The number of aliphatic imine (C=N–C) groups is 1. The molecule has 0 saturated carbocycles. The number of aromatic nitrogens is 1. The molecule has 0 spiro atoms. The van der Waals surface area contributed by atoms with E-state index in [0.29, 0.717) is 41.2 Å². The third kappa shape index (κ3) is 4.15. The van der Waals surface area contributed by atoms with Crippen molar-refractivity contribution in [1.29, 1.82) is 5.26 Å². The van der Waals surface area contributed by atoms with E-state index in [2.05, 4.69) is 9.98 Å². The summed E-state index contributed by atoms with van der Waals surface area (Å²) >= 11 is 0. The van der Waals surface area contributed by atoms with Crippen LogP contribution in [-0.4, -0.2) is 49.7 Å². The van der Waals surface area contributed by atoms with E-state index in [0.717, 1.165) is 0 Å². The van der Waals surface area contributed by atoms with Crippen LogP contribution in [0.3, 0.4) is 0 Å². The van der Waals surface area contributed by atoms with Crippen LogP contribution in [0.25, 0.3) is 10.9 Å². The number of hydrogen-bond acceptors (Lipinski definition) is 8. The third-order valence-electron chi connectivity index (χ3n) is 4.44. The summed E-state index contributed by atoms with van der Waals surface area (Å²) in [7, 11) is 3.07. The molecule has 0 fully saturated rings. The molecular formula is C21H19N3O5. The van der Waals surface area contributed by atoms with Crippen molar-refractivity contribution in [2.24, 2.45) is 4.99 Å². The molecule has 3 rings (SSSR count). The average molecular weight is 393 g/mol. The molecule has 1 aliphatic carbocycles. The van der Waals surface area contributed by atoms with Crippen molar-refractivity contribution in [3.8, 4) is 17.6 Å². The van der Waals surface area contributed by atoms with Crippen molar-refractivity contribution in [3.63, 3.8) is 0 Å². The van der Waals surface area contributed by atoms with Crippen molar-refractivity contribution in [3.05, 3.63) is 35.5 Å². The van der Waals surface area contributed by atoms with Gasteiger partial charge in [-0.05, 0) is 24.6 Å². The molecule has 8 nitrogen and oxygen atoms in total. The first-order valence-corrected chi connectivity index (χ1v) is 8.84. The Morgan fingerprint density at radius 1 is 1.21 bits per heavy atom. The highest BCUT2D eigenvalue weighted by atomic mass is 16.5. The van der Waals surface area contributed by atoms with Crippen LogP contribution in [0.2, 0.25) is 0 Å². The van der Waals surface area contributed by atoms with Crippen molar-refractivity contribution < 1.29 is 23.8 Å². The molecule has 0 radical (unpaired) electrons. The van der Waals surface area contributed by atoms with E-state index in [9.17, 15) is 14.9 Å². The van der Waals surface area contributed by atoms with Crippen LogP contribution in [0.15, 0.2) is 35.0 Å². The highest BCUT2D eigenvalue weighted by Crippen LogP contribution is 2.37. The first-order valence-electron chi connectivity index (χ1n) is 8.84. The normalized spacial score (nSPS) is 15.4. The lowest BCUT2D eigenvalue weighted by atomic mass is 9.96. The van der Waals surface area contributed by atoms with Gasteiger partial charge in [-0.1, -0.05) is 0 Å². The number of hydrogen-bond donors (Lipinski definition) is 0. The van der Waals surface area contributed by atoms with Gasteiger partial charge >= 0.3 is 0 Å². The van der Waals surface area contributed by atoms with Gasteiger partial charge < -0.3 is 14.2 Å². The van der Waals surface area contributed by atoms with Crippen LogP contribution < -0.4 is 9.47 Å². The molecule has 29 heavy (non-hydrogen) atoms. The smallest absolute Gasteiger partial charge is 0.200 e. The number of fused-ring (bicyclic) bond motifs is 1. The second-order valence-corrected chi connectivity index (χ2v) is 6.34. The summed E-state index contributed by atoms with van der Waals surface area (Å²) in [5, 5.41) is 10.0. The lowest BCUT2D eigenvalue weighted by molar-refractivity contribution is -0.116. The van der Waals surface area contributed by atoms with E-state index < -0.39 is 0 Å². The van der Waals surface area contributed by atoms with Gasteiger partial charge in [0.1, 0.15) is 12.7 Å². The number of carbonyl (C=O) groups is 2. The van der Waals surface area contributed by atoms with Crippen LogP contribution in [0.5, 0.6) is 11.5 Å². The molecule has 1 aromatic carbocycles. The number of ketones is 2. The van der Waals surface area contributed by atoms with E-state index in [-0.39, 0.29) is 34.9 Å². The van der Waals surface area contributed by atoms with Crippen LogP contribution in [0, 0.1) is 11.3 Å². The van der Waals surface area contributed by atoms with E-state index in [4.69, 9.17) is 14.2 Å². The van der Waals surface area contributed by atoms with Gasteiger partial charge in [0.2, 0.25) is 5.78 Å². The topological polar surface area (TPSA) is 111 Å². The second kappa shape index (κ2) is 8.63. The van der Waals surface area contributed by atoms with E-state index in [1.165, 1.54) is 19.4 Å². The lowest BCUT2D eigenvalue weighted by Gasteiger charge is -2.14. The SMILES string of the molecule is COCCOc1cc2ncc(C#N)c(N=C3CC(=O)C(C)=CC3=O)c2cc1OC. The molecule has 0 aliphatic heterocycles. The summed E-state index contributed by atoms with van der Waals surface area (Å²) in [6.07, 6.45) is 2.54. The largest absolute Gasteiger partial charge is 0.493 e. The van der Waals surface area contributed by atoms with Gasteiger partial charge in [0, 0.05) is 24.8 Å². The van der Waals surface area contributed by atoms with Gasteiger partial charge in [-0.3, -0.25) is 14.6 Å². The molecule has 0 N–H and O–H groups in total. The quantitative estimate of drug-likeness (QED) is 0.694. The Balaban J connectivity index is 2.15. The number of carbonyl (C=O) groups excluding carboxylic acids is 2. The minimum absolute atomic E-state index is 0.0870. The summed E-state index contributed by atoms with van der Waals surface area (Å²) < 4.78 is 16.1. The molecular weight excluding hydrogens is 374 g/mol. The fourth-order valence-corrected chi connectivity index (χ4v) is 2.86. The Labute approximate surface area is 167 Å². The van der Waals surface area contributed by atoms with E-state index >= 15 is 0 Å². The van der Waals surface area contributed by atoms with Crippen molar-refractivity contribution >= 4 is 33.9 Å². The number of Topliss-reactive ketones (excluding diaryl/α,β-unsaturated/α-hetero) is 1. The molecule has 0 amide bonds. The Morgan fingerprint density at radius 3 is 2.69 bits per heavy atom. The number of rotatable bonds is 6. The zero-order chi connectivity index (χ0) is 21.0. The van der Waals surface area contributed by atoms with Crippen LogP contribution in [0.1, 0.15) is 18.9 Å². The molecule has 0 bridgehead atoms. The van der Waals surface area contributed by atoms with E-state index in [1.54, 1.807) is 26.2 Å². The van der Waals surface area contributed by atoms with Crippen LogP contribution in [-0.2, 0) is 14.3 Å². The molecule has 1 aliphatic rings. The molecule has 8 heteroatoms. The number of pyridine rings is 1. The summed E-state index contributed by atoms with van der Waals surface area (Å²) in [5.74, 6) is 0.373. The second-order valence-electron chi connectivity index (χ2n) is 6.34. The number of benzene rings is 1. The number of nitrogens with zero attached hydrogens (tertiary/aromatic N) is 3. The molecule has 1 aromatic heterocycles. The van der Waals surface area contributed by atoms with Gasteiger partial charge in [-0.25, -0.2) is 4.99 Å². The fourth-order valence-electron chi connectivity index (χ4n) is 2.86. The summed E-state index contributed by atoms with van der Waals surface area (Å²) in [6, 6.07) is 5.36. The molecule has 1 heterocycles. The van der Waals surface area contributed by atoms with Gasteiger partial charge in [-0.2, -0.15) is 5.26 Å². The highest BCUT2D eigenvalue weighted by Gasteiger charge is 2.23. The summed E-state index contributed by atoms with van der Waals surface area (Å²) in [5.41, 5.74) is 1.45. The Morgan fingerprint density at radius 2 is 2.00 bits per heavy atom. The minimum atomic E-state index is -0.345. The predicted molar refractivity (Wildman–Crippen MR) is 106 cm³/mol.